The molecule has 3 nitrogen and oxygen atoms in total. The highest BCUT2D eigenvalue weighted by molar-refractivity contribution is 6.35. The Morgan fingerprint density at radius 1 is 1.45 bits per heavy atom. The molecular weight excluding hydrogens is 295 g/mol. The summed E-state index contributed by atoms with van der Waals surface area (Å²) in [7, 11) is 0. The molecule has 0 radical (unpaired) electrons. The minimum absolute atomic E-state index is 0.151. The van der Waals surface area contributed by atoms with Crippen LogP contribution >= 0.6 is 23.2 Å². The van der Waals surface area contributed by atoms with Gasteiger partial charge in [0.1, 0.15) is 5.82 Å². The Morgan fingerprint density at radius 3 is 2.95 bits per heavy atom. The lowest BCUT2D eigenvalue weighted by Crippen LogP contribution is -2.11. The number of ether oxygens (including phenoxy) is 1. The zero-order valence-electron chi connectivity index (χ0n) is 11.5. The number of nitrogens with zero attached hydrogens (tertiary/aromatic N) is 2. The van der Waals surface area contributed by atoms with Crippen LogP contribution in [-0.2, 0) is 11.3 Å². The first-order chi connectivity index (χ1) is 9.66. The van der Waals surface area contributed by atoms with E-state index >= 15 is 0 Å². The molecule has 1 aliphatic rings. The summed E-state index contributed by atoms with van der Waals surface area (Å²) in [5.74, 6) is 1.63. The largest absolute Gasteiger partial charge is 0.379 e. The summed E-state index contributed by atoms with van der Waals surface area (Å²) < 4.78 is 7.81. The molecule has 0 bridgehead atoms. The van der Waals surface area contributed by atoms with Crippen LogP contribution in [0.4, 0.5) is 0 Å². The summed E-state index contributed by atoms with van der Waals surface area (Å²) in [4.78, 5) is 4.59. The number of hydrogen-bond donors (Lipinski definition) is 0. The van der Waals surface area contributed by atoms with Crippen molar-refractivity contribution in [2.45, 2.75) is 31.7 Å². The Bertz CT molecular complexity index is 605. The average molecular weight is 313 g/mol. The molecule has 5 heteroatoms. The molecule has 20 heavy (non-hydrogen) atoms. The van der Waals surface area contributed by atoms with Gasteiger partial charge in [-0.05, 0) is 37.8 Å². The molecule has 1 fully saturated rings. The van der Waals surface area contributed by atoms with Gasteiger partial charge in [-0.1, -0.05) is 17.7 Å². The molecule has 3 rings (SSSR count). The maximum atomic E-state index is 6.31. The van der Waals surface area contributed by atoms with E-state index in [2.05, 4.69) is 9.55 Å². The van der Waals surface area contributed by atoms with Gasteiger partial charge in [0.25, 0.3) is 0 Å². The lowest BCUT2D eigenvalue weighted by molar-refractivity contribution is 0.117. The van der Waals surface area contributed by atoms with Crippen LogP contribution in [0.15, 0.2) is 18.2 Å². The van der Waals surface area contributed by atoms with Crippen molar-refractivity contribution in [1.29, 1.82) is 0 Å². The van der Waals surface area contributed by atoms with Crippen LogP contribution in [0, 0.1) is 5.92 Å². The second-order valence-electron chi connectivity index (χ2n) is 5.36. The van der Waals surface area contributed by atoms with Crippen molar-refractivity contribution in [2.24, 2.45) is 5.92 Å². The number of halogens is 2. The van der Waals surface area contributed by atoms with E-state index in [1.807, 2.05) is 25.1 Å². The van der Waals surface area contributed by atoms with E-state index in [0.29, 0.717) is 11.6 Å². The number of aromatic nitrogens is 2. The van der Waals surface area contributed by atoms with E-state index in [9.17, 15) is 0 Å². The first-order valence-electron chi connectivity index (χ1n) is 7.03. The molecule has 0 saturated heterocycles. The van der Waals surface area contributed by atoms with E-state index in [0.717, 1.165) is 35.9 Å². The molecular formula is C15H18Cl2N2O. The Balaban J connectivity index is 1.83. The summed E-state index contributed by atoms with van der Waals surface area (Å²) in [6, 6.07) is 5.76. The maximum Gasteiger partial charge on any atom is 0.127 e. The fraction of sp³-hybridized carbons (Fsp3) is 0.533. The molecule has 108 valence electrons. The minimum atomic E-state index is -0.151. The zero-order chi connectivity index (χ0) is 14.1. The number of benzene rings is 1. The van der Waals surface area contributed by atoms with Crippen LogP contribution in [0.5, 0.6) is 0 Å². The number of imidazole rings is 1. The number of hydrogen-bond acceptors (Lipinski definition) is 2. The van der Waals surface area contributed by atoms with Gasteiger partial charge in [0.15, 0.2) is 0 Å². The molecule has 2 aromatic rings. The predicted octanol–water partition coefficient (Wildman–Crippen LogP) is 4.42. The van der Waals surface area contributed by atoms with Crippen molar-refractivity contribution in [1.82, 2.24) is 9.55 Å². The van der Waals surface area contributed by atoms with Crippen LogP contribution in [-0.4, -0.2) is 22.8 Å². The van der Waals surface area contributed by atoms with E-state index in [4.69, 9.17) is 27.9 Å². The SMILES string of the molecule is CC(Cl)c1nc2cccc(Cl)c2n1CCOCC1CC1. The standard InChI is InChI=1S/C15H18Cl2N2O/c1-10(16)15-18-13-4-2-3-12(17)14(13)19(15)7-8-20-9-11-5-6-11/h2-4,10-11H,5-9H2,1H3. The third-order valence-corrected chi connectivity index (χ3v) is 4.11. The second-order valence-corrected chi connectivity index (χ2v) is 6.43. The number of rotatable bonds is 6. The molecule has 0 N–H and O–H groups in total. The molecule has 1 aromatic carbocycles. The number of fused-ring (bicyclic) bond motifs is 1. The zero-order valence-corrected chi connectivity index (χ0v) is 13.0. The topological polar surface area (TPSA) is 27.1 Å². The lowest BCUT2D eigenvalue weighted by Gasteiger charge is -2.11. The Labute approximate surface area is 128 Å². The summed E-state index contributed by atoms with van der Waals surface area (Å²) in [6.07, 6.45) is 2.62. The molecule has 0 aliphatic heterocycles. The quantitative estimate of drug-likeness (QED) is 0.583. The molecule has 1 atom stereocenters. The molecule has 1 heterocycles. The summed E-state index contributed by atoms with van der Waals surface area (Å²) in [5.41, 5.74) is 1.84. The van der Waals surface area contributed by atoms with Crippen LogP contribution in [0.2, 0.25) is 5.02 Å². The van der Waals surface area contributed by atoms with E-state index in [1.165, 1.54) is 12.8 Å². The predicted molar refractivity (Wildman–Crippen MR) is 82.6 cm³/mol. The Morgan fingerprint density at radius 2 is 2.25 bits per heavy atom. The van der Waals surface area contributed by atoms with Crippen molar-refractivity contribution < 1.29 is 4.74 Å². The van der Waals surface area contributed by atoms with Gasteiger partial charge in [-0.3, -0.25) is 0 Å². The van der Waals surface area contributed by atoms with Gasteiger partial charge in [0.05, 0.1) is 28.0 Å². The smallest absolute Gasteiger partial charge is 0.127 e. The van der Waals surface area contributed by atoms with Crippen LogP contribution in [0.25, 0.3) is 11.0 Å². The normalized spacial score (nSPS) is 16.8. The van der Waals surface area contributed by atoms with Gasteiger partial charge in [0, 0.05) is 13.2 Å². The number of para-hydroxylation sites is 1. The first kappa shape index (κ1) is 14.2. The fourth-order valence-corrected chi connectivity index (χ4v) is 2.82. The molecule has 1 aromatic heterocycles. The van der Waals surface area contributed by atoms with Crippen LogP contribution in [0.3, 0.4) is 0 Å². The number of alkyl halides is 1. The lowest BCUT2D eigenvalue weighted by atomic mass is 10.3. The average Bonchev–Trinajstić information content (AvgIpc) is 3.15. The molecule has 1 saturated carbocycles. The van der Waals surface area contributed by atoms with Gasteiger partial charge in [-0.15, -0.1) is 11.6 Å². The molecule has 0 amide bonds. The van der Waals surface area contributed by atoms with Gasteiger partial charge < -0.3 is 9.30 Å². The Hall–Kier alpha value is -0.770. The van der Waals surface area contributed by atoms with Crippen molar-refractivity contribution in [3.63, 3.8) is 0 Å². The highest BCUT2D eigenvalue weighted by atomic mass is 35.5. The third-order valence-electron chi connectivity index (χ3n) is 3.61. The van der Waals surface area contributed by atoms with Crippen molar-refractivity contribution in [2.75, 3.05) is 13.2 Å². The summed E-state index contributed by atoms with van der Waals surface area (Å²) >= 11 is 12.5. The third kappa shape index (κ3) is 2.95. The van der Waals surface area contributed by atoms with Gasteiger partial charge in [-0.2, -0.15) is 0 Å². The van der Waals surface area contributed by atoms with Crippen LogP contribution in [0.1, 0.15) is 31.0 Å². The Kier molecular flexibility index (Phi) is 4.20. The van der Waals surface area contributed by atoms with E-state index in [1.54, 1.807) is 0 Å². The fourth-order valence-electron chi connectivity index (χ4n) is 2.38. The van der Waals surface area contributed by atoms with Crippen molar-refractivity contribution in [3.05, 3.63) is 29.0 Å². The van der Waals surface area contributed by atoms with Gasteiger partial charge in [0.2, 0.25) is 0 Å². The summed E-state index contributed by atoms with van der Waals surface area (Å²) in [6.45, 7) is 4.20. The summed E-state index contributed by atoms with van der Waals surface area (Å²) in [5, 5.41) is 0.558. The van der Waals surface area contributed by atoms with E-state index < -0.39 is 0 Å². The van der Waals surface area contributed by atoms with Crippen molar-refractivity contribution in [3.8, 4) is 0 Å². The van der Waals surface area contributed by atoms with Gasteiger partial charge >= 0.3 is 0 Å². The maximum absolute atomic E-state index is 6.31. The molecule has 1 unspecified atom stereocenters. The molecule has 0 spiro atoms. The van der Waals surface area contributed by atoms with Crippen LogP contribution < -0.4 is 0 Å². The monoisotopic (exact) mass is 312 g/mol. The van der Waals surface area contributed by atoms with Gasteiger partial charge in [-0.25, -0.2) is 4.98 Å². The second kappa shape index (κ2) is 5.92. The highest BCUT2D eigenvalue weighted by Gasteiger charge is 2.21. The highest BCUT2D eigenvalue weighted by Crippen LogP contribution is 2.30. The van der Waals surface area contributed by atoms with Crippen molar-refractivity contribution >= 4 is 34.2 Å². The first-order valence-corrected chi connectivity index (χ1v) is 7.84. The molecule has 1 aliphatic carbocycles. The minimum Gasteiger partial charge on any atom is -0.379 e. The van der Waals surface area contributed by atoms with E-state index in [-0.39, 0.29) is 5.38 Å².